The molecule has 3 N–H and O–H groups in total. The molecule has 2 aliphatic rings. The van der Waals surface area contributed by atoms with Gasteiger partial charge in [-0.05, 0) is 62.1 Å². The summed E-state index contributed by atoms with van der Waals surface area (Å²) in [7, 11) is 1.51. The highest BCUT2D eigenvalue weighted by Crippen LogP contribution is 2.42. The van der Waals surface area contributed by atoms with E-state index in [1.807, 2.05) is 6.07 Å². The van der Waals surface area contributed by atoms with E-state index in [0.717, 1.165) is 31.4 Å². The monoisotopic (exact) mass is 432 g/mol. The molecule has 3 aromatic rings. The lowest BCUT2D eigenvalue weighted by Gasteiger charge is -2.10. The van der Waals surface area contributed by atoms with E-state index in [4.69, 9.17) is 4.74 Å². The van der Waals surface area contributed by atoms with Crippen LogP contribution in [-0.2, 0) is 0 Å². The molecule has 0 aliphatic heterocycles. The highest BCUT2D eigenvalue weighted by atomic mass is 16.5. The molecule has 32 heavy (non-hydrogen) atoms. The van der Waals surface area contributed by atoms with Crippen LogP contribution in [0.1, 0.15) is 47.7 Å². The molecule has 2 aromatic carbocycles. The quantitative estimate of drug-likeness (QED) is 0.508. The fourth-order valence-corrected chi connectivity index (χ4v) is 3.67. The fraction of sp³-hybridized carbons (Fsp3) is 0.292. The molecule has 0 atom stereocenters. The van der Waals surface area contributed by atoms with Crippen molar-refractivity contribution >= 4 is 17.6 Å². The third-order valence-electron chi connectivity index (χ3n) is 5.71. The summed E-state index contributed by atoms with van der Waals surface area (Å²) >= 11 is 0. The van der Waals surface area contributed by atoms with Crippen LogP contribution in [0.15, 0.2) is 48.5 Å². The van der Waals surface area contributed by atoms with E-state index in [-0.39, 0.29) is 23.7 Å². The average Bonchev–Trinajstić information content (AvgIpc) is 3.74. The molecule has 5 rings (SSSR count). The van der Waals surface area contributed by atoms with Gasteiger partial charge in [0.1, 0.15) is 11.5 Å². The van der Waals surface area contributed by atoms with Crippen LogP contribution in [0.2, 0.25) is 0 Å². The number of aromatic hydroxyl groups is 1. The molecule has 0 bridgehead atoms. The number of carbonyl (C=O) groups excluding carboxylic acids is 2. The minimum atomic E-state index is -0.327. The van der Waals surface area contributed by atoms with Crippen LogP contribution >= 0.6 is 0 Å². The summed E-state index contributed by atoms with van der Waals surface area (Å²) in [6.07, 6.45) is 4.02. The molecule has 1 heterocycles. The summed E-state index contributed by atoms with van der Waals surface area (Å²) in [4.78, 5) is 25.4. The molecule has 164 valence electrons. The molecule has 2 amide bonds. The molecular formula is C24H24N4O4. The number of ether oxygens (including phenoxy) is 1. The van der Waals surface area contributed by atoms with Crippen LogP contribution in [0.3, 0.4) is 0 Å². The Hall–Kier alpha value is -3.81. The summed E-state index contributed by atoms with van der Waals surface area (Å²) in [6.45, 7) is 0. The Morgan fingerprint density at radius 1 is 1.09 bits per heavy atom. The summed E-state index contributed by atoms with van der Waals surface area (Å²) in [5, 5.41) is 20.8. The molecule has 2 aliphatic carbocycles. The van der Waals surface area contributed by atoms with Crippen molar-refractivity contribution in [3.05, 3.63) is 59.8 Å². The van der Waals surface area contributed by atoms with E-state index in [9.17, 15) is 14.7 Å². The maximum absolute atomic E-state index is 12.8. The number of hydrogen-bond acceptors (Lipinski definition) is 5. The normalized spacial score (nSPS) is 15.3. The number of anilines is 1. The predicted octanol–water partition coefficient (Wildman–Crippen LogP) is 4.11. The Bertz CT molecular complexity index is 1190. The van der Waals surface area contributed by atoms with Crippen molar-refractivity contribution in [3.8, 4) is 22.8 Å². The number of phenols is 1. The number of hydrogen-bond donors (Lipinski definition) is 3. The maximum atomic E-state index is 12.8. The third kappa shape index (κ3) is 4.03. The van der Waals surface area contributed by atoms with Gasteiger partial charge in [0.2, 0.25) is 0 Å². The smallest absolute Gasteiger partial charge is 0.342 e. The number of para-hydroxylation sites is 1. The van der Waals surface area contributed by atoms with Crippen molar-refractivity contribution in [3.63, 3.8) is 0 Å². The first kappa shape index (κ1) is 20.1. The maximum Gasteiger partial charge on any atom is 0.342 e. The van der Waals surface area contributed by atoms with Gasteiger partial charge >= 0.3 is 6.03 Å². The number of phenolic OH excluding ortho intramolecular Hbond substituents is 1. The van der Waals surface area contributed by atoms with Gasteiger partial charge in [0, 0.05) is 23.2 Å². The Balaban J connectivity index is 1.44. The first-order chi connectivity index (χ1) is 15.5. The summed E-state index contributed by atoms with van der Waals surface area (Å²) in [5.41, 5.74) is 2.69. The van der Waals surface area contributed by atoms with Gasteiger partial charge in [-0.3, -0.25) is 4.79 Å². The van der Waals surface area contributed by atoms with Crippen molar-refractivity contribution < 1.29 is 19.4 Å². The number of methoxy groups -OCH3 is 1. The first-order valence-electron chi connectivity index (χ1n) is 10.7. The second-order valence-corrected chi connectivity index (χ2v) is 8.25. The van der Waals surface area contributed by atoms with E-state index in [1.54, 1.807) is 36.4 Å². The topological polar surface area (TPSA) is 105 Å². The Kier molecular flexibility index (Phi) is 5.05. The van der Waals surface area contributed by atoms with Crippen LogP contribution in [0.25, 0.3) is 11.3 Å². The number of carbonyl (C=O) groups is 2. The standard InChI is InChI=1S/C24H24N4O4/c1-32-22-5-3-2-4-17(22)23(30)25-16-10-11-21(29)18(12-16)19-13-20(14-6-7-14)28(27-19)24(31)26-15-8-9-15/h2-5,10-15,29H,6-9H2,1H3,(H,25,30)(H,26,31). The highest BCUT2D eigenvalue weighted by molar-refractivity contribution is 6.06. The van der Waals surface area contributed by atoms with Crippen molar-refractivity contribution in [1.29, 1.82) is 0 Å². The Labute approximate surface area is 185 Å². The summed E-state index contributed by atoms with van der Waals surface area (Å²) in [6, 6.07) is 13.6. The lowest BCUT2D eigenvalue weighted by molar-refractivity contribution is 0.102. The second-order valence-electron chi connectivity index (χ2n) is 8.25. The zero-order valence-corrected chi connectivity index (χ0v) is 17.7. The van der Waals surface area contributed by atoms with Crippen LogP contribution in [0.4, 0.5) is 10.5 Å². The number of amides is 2. The fourth-order valence-electron chi connectivity index (χ4n) is 3.67. The number of rotatable bonds is 6. The minimum Gasteiger partial charge on any atom is -0.507 e. The molecule has 2 fully saturated rings. The second kappa shape index (κ2) is 8.03. The molecule has 0 spiro atoms. The lowest BCUT2D eigenvalue weighted by Crippen LogP contribution is -2.32. The SMILES string of the molecule is COc1ccccc1C(=O)Nc1ccc(O)c(-c2cc(C3CC3)n(C(=O)NC3CC3)n2)c1. The number of benzene rings is 2. The third-order valence-corrected chi connectivity index (χ3v) is 5.71. The zero-order chi connectivity index (χ0) is 22.2. The van der Waals surface area contributed by atoms with Gasteiger partial charge in [0.25, 0.3) is 5.91 Å². The van der Waals surface area contributed by atoms with E-state index < -0.39 is 0 Å². The Morgan fingerprint density at radius 3 is 2.59 bits per heavy atom. The highest BCUT2D eigenvalue weighted by Gasteiger charge is 2.32. The zero-order valence-electron chi connectivity index (χ0n) is 17.7. The van der Waals surface area contributed by atoms with Gasteiger partial charge < -0.3 is 20.5 Å². The van der Waals surface area contributed by atoms with Gasteiger partial charge in [0.05, 0.1) is 24.1 Å². The van der Waals surface area contributed by atoms with Crippen molar-refractivity contribution in [2.75, 3.05) is 12.4 Å². The number of nitrogens with zero attached hydrogens (tertiary/aromatic N) is 2. The lowest BCUT2D eigenvalue weighted by atomic mass is 10.1. The molecular weight excluding hydrogens is 408 g/mol. The van der Waals surface area contributed by atoms with Crippen molar-refractivity contribution in [1.82, 2.24) is 15.1 Å². The molecule has 0 radical (unpaired) electrons. The molecule has 0 saturated heterocycles. The van der Waals surface area contributed by atoms with E-state index in [1.165, 1.54) is 17.9 Å². The van der Waals surface area contributed by atoms with Crippen LogP contribution in [0, 0.1) is 0 Å². The molecule has 2 saturated carbocycles. The Morgan fingerprint density at radius 2 is 1.88 bits per heavy atom. The summed E-state index contributed by atoms with van der Waals surface area (Å²) in [5.74, 6) is 0.470. The van der Waals surface area contributed by atoms with Crippen LogP contribution < -0.4 is 15.4 Å². The van der Waals surface area contributed by atoms with Crippen LogP contribution in [-0.4, -0.2) is 40.0 Å². The summed E-state index contributed by atoms with van der Waals surface area (Å²) < 4.78 is 6.68. The van der Waals surface area contributed by atoms with Gasteiger partial charge in [0.15, 0.2) is 0 Å². The molecule has 1 aromatic heterocycles. The van der Waals surface area contributed by atoms with E-state index >= 15 is 0 Å². The average molecular weight is 432 g/mol. The van der Waals surface area contributed by atoms with Gasteiger partial charge in [-0.1, -0.05) is 12.1 Å². The predicted molar refractivity (Wildman–Crippen MR) is 119 cm³/mol. The van der Waals surface area contributed by atoms with Gasteiger partial charge in [-0.25, -0.2) is 4.79 Å². The number of aromatic nitrogens is 2. The van der Waals surface area contributed by atoms with Crippen molar-refractivity contribution in [2.24, 2.45) is 0 Å². The van der Waals surface area contributed by atoms with Crippen LogP contribution in [0.5, 0.6) is 11.5 Å². The van der Waals surface area contributed by atoms with Crippen molar-refractivity contribution in [2.45, 2.75) is 37.6 Å². The molecule has 0 unspecified atom stereocenters. The largest absolute Gasteiger partial charge is 0.507 e. The number of nitrogens with one attached hydrogen (secondary N) is 2. The minimum absolute atomic E-state index is 0.0230. The molecule has 8 nitrogen and oxygen atoms in total. The first-order valence-corrected chi connectivity index (χ1v) is 10.7. The van der Waals surface area contributed by atoms with Gasteiger partial charge in [-0.2, -0.15) is 9.78 Å². The van der Waals surface area contributed by atoms with E-state index in [2.05, 4.69) is 15.7 Å². The molecule has 8 heteroatoms. The van der Waals surface area contributed by atoms with E-state index in [0.29, 0.717) is 34.2 Å². The van der Waals surface area contributed by atoms with Gasteiger partial charge in [-0.15, -0.1) is 0 Å².